The zero-order chi connectivity index (χ0) is 21.3. The number of amides is 4. The molecule has 1 fully saturated rings. The van der Waals surface area contributed by atoms with E-state index in [2.05, 4.69) is 5.32 Å². The zero-order valence-electron chi connectivity index (χ0n) is 15.6. The highest BCUT2D eigenvalue weighted by atomic mass is 32.2. The van der Waals surface area contributed by atoms with Crippen molar-refractivity contribution < 1.29 is 23.2 Å². The molecule has 4 amide bonds. The van der Waals surface area contributed by atoms with Gasteiger partial charge in [-0.25, -0.2) is 13.6 Å². The van der Waals surface area contributed by atoms with Crippen molar-refractivity contribution in [3.63, 3.8) is 0 Å². The summed E-state index contributed by atoms with van der Waals surface area (Å²) in [6.45, 7) is -0.321. The molecule has 9 heteroatoms. The largest absolute Gasteiger partial charge is 0.328 e. The first kappa shape index (κ1) is 20.1. The molecule has 2 heterocycles. The molecule has 2 aliphatic heterocycles. The van der Waals surface area contributed by atoms with Gasteiger partial charge in [0, 0.05) is 5.69 Å². The zero-order valence-corrected chi connectivity index (χ0v) is 16.4. The number of benzene rings is 2. The Morgan fingerprint density at radius 2 is 1.83 bits per heavy atom. The van der Waals surface area contributed by atoms with E-state index in [4.69, 9.17) is 0 Å². The van der Waals surface area contributed by atoms with Crippen LogP contribution < -0.4 is 5.32 Å². The molecule has 2 unspecified atom stereocenters. The first-order valence-electron chi connectivity index (χ1n) is 9.16. The molecule has 2 aromatic carbocycles. The molecule has 0 aliphatic carbocycles. The highest BCUT2D eigenvalue weighted by Gasteiger charge is 2.47. The second kappa shape index (κ2) is 8.27. The van der Waals surface area contributed by atoms with Crippen molar-refractivity contribution in [2.75, 3.05) is 11.9 Å². The van der Waals surface area contributed by atoms with Gasteiger partial charge in [-0.2, -0.15) is 0 Å². The summed E-state index contributed by atoms with van der Waals surface area (Å²) in [6, 6.07) is 9.81. The molecule has 4 rings (SSSR count). The fourth-order valence-corrected chi connectivity index (χ4v) is 4.47. The minimum atomic E-state index is -0.605. The molecule has 2 aliphatic rings. The smallest absolute Gasteiger partial charge is 0.324 e. The van der Waals surface area contributed by atoms with Crippen LogP contribution in [0.3, 0.4) is 0 Å². The van der Waals surface area contributed by atoms with Gasteiger partial charge in [-0.05, 0) is 41.3 Å². The molecule has 0 saturated carbocycles. The topological polar surface area (TPSA) is 69.7 Å². The van der Waals surface area contributed by atoms with Crippen molar-refractivity contribution in [2.45, 2.75) is 17.8 Å². The summed E-state index contributed by atoms with van der Waals surface area (Å²) in [5.41, 5.74) is 0.869. The van der Waals surface area contributed by atoms with Crippen LogP contribution in [0.2, 0.25) is 0 Å². The third kappa shape index (κ3) is 4.06. The molecule has 0 spiro atoms. The monoisotopic (exact) mass is 429 g/mol. The summed E-state index contributed by atoms with van der Waals surface area (Å²) in [7, 11) is 0. The Kier molecular flexibility index (Phi) is 5.54. The normalized spacial score (nSPS) is 20.5. The van der Waals surface area contributed by atoms with Crippen LogP contribution in [0, 0.1) is 11.6 Å². The number of nitrogens with one attached hydrogen (secondary N) is 1. The number of rotatable bonds is 5. The van der Waals surface area contributed by atoms with Gasteiger partial charge in [0.15, 0.2) is 0 Å². The van der Waals surface area contributed by atoms with E-state index in [1.165, 1.54) is 65.2 Å². The summed E-state index contributed by atoms with van der Waals surface area (Å²) in [4.78, 5) is 40.8. The first-order chi connectivity index (χ1) is 14.4. The second-order valence-corrected chi connectivity index (χ2v) is 7.95. The lowest BCUT2D eigenvalue weighted by Crippen LogP contribution is -2.62. The van der Waals surface area contributed by atoms with Crippen LogP contribution in [0.5, 0.6) is 0 Å². The Morgan fingerprint density at radius 3 is 2.57 bits per heavy atom. The van der Waals surface area contributed by atoms with E-state index in [0.29, 0.717) is 5.56 Å². The number of hydrogen-bond acceptors (Lipinski definition) is 4. The maximum Gasteiger partial charge on any atom is 0.328 e. The average molecular weight is 429 g/mol. The van der Waals surface area contributed by atoms with Gasteiger partial charge in [0.05, 0.1) is 12.6 Å². The van der Waals surface area contributed by atoms with E-state index in [1.54, 1.807) is 11.5 Å². The van der Waals surface area contributed by atoms with Crippen molar-refractivity contribution >= 4 is 35.3 Å². The maximum atomic E-state index is 13.3. The average Bonchev–Trinajstić information content (AvgIpc) is 3.20. The lowest BCUT2D eigenvalue weighted by Gasteiger charge is -2.40. The molecule has 2 aromatic rings. The van der Waals surface area contributed by atoms with Gasteiger partial charge in [-0.1, -0.05) is 24.3 Å². The lowest BCUT2D eigenvalue weighted by atomic mass is 10.1. The molecule has 2 atom stereocenters. The van der Waals surface area contributed by atoms with Crippen molar-refractivity contribution in [2.24, 2.45) is 0 Å². The third-order valence-electron chi connectivity index (χ3n) is 4.83. The standard InChI is InChI=1S/C21H17F2N3O3S/c22-14-6-4-13(5-7-14)11-26-20(28)19-17(8-9-30-19)25(21(26)29)12-18(27)24-16-3-1-2-15(23)10-16/h1-10,17,19H,11-12H2,(H,24,27). The Labute approximate surface area is 175 Å². The fraction of sp³-hybridized carbons (Fsp3) is 0.190. The van der Waals surface area contributed by atoms with Gasteiger partial charge in [0.2, 0.25) is 11.8 Å². The summed E-state index contributed by atoms with van der Waals surface area (Å²) in [6.07, 6.45) is 1.72. The number of urea groups is 1. The van der Waals surface area contributed by atoms with Gasteiger partial charge < -0.3 is 10.2 Å². The van der Waals surface area contributed by atoms with E-state index < -0.39 is 34.9 Å². The van der Waals surface area contributed by atoms with Crippen LogP contribution >= 0.6 is 11.8 Å². The minimum Gasteiger partial charge on any atom is -0.324 e. The molecule has 30 heavy (non-hydrogen) atoms. The van der Waals surface area contributed by atoms with Gasteiger partial charge in [-0.3, -0.25) is 14.5 Å². The Bertz CT molecular complexity index is 1030. The molecule has 0 radical (unpaired) electrons. The van der Waals surface area contributed by atoms with Crippen molar-refractivity contribution in [1.29, 1.82) is 0 Å². The molecule has 1 N–H and O–H groups in total. The molecule has 6 nitrogen and oxygen atoms in total. The maximum absolute atomic E-state index is 13.3. The van der Waals surface area contributed by atoms with Crippen LogP contribution in [0.15, 0.2) is 60.0 Å². The molecule has 154 valence electrons. The molecule has 0 aromatic heterocycles. The molecule has 1 saturated heterocycles. The number of anilines is 1. The van der Waals surface area contributed by atoms with Gasteiger partial charge in [0.25, 0.3) is 0 Å². The number of fused-ring (bicyclic) bond motifs is 1. The van der Waals surface area contributed by atoms with Gasteiger partial charge >= 0.3 is 6.03 Å². The number of nitrogens with zero attached hydrogens (tertiary/aromatic N) is 2. The van der Waals surface area contributed by atoms with E-state index in [9.17, 15) is 23.2 Å². The molecule has 0 bridgehead atoms. The predicted molar refractivity (Wildman–Crippen MR) is 108 cm³/mol. The van der Waals surface area contributed by atoms with Crippen molar-refractivity contribution in [1.82, 2.24) is 9.80 Å². The minimum absolute atomic E-state index is 0.0241. The summed E-state index contributed by atoms with van der Waals surface area (Å²) in [5, 5.41) is 3.75. The third-order valence-corrected chi connectivity index (χ3v) is 5.92. The summed E-state index contributed by atoms with van der Waals surface area (Å²) >= 11 is 1.28. The van der Waals surface area contributed by atoms with E-state index >= 15 is 0 Å². The van der Waals surface area contributed by atoms with E-state index in [0.717, 1.165) is 4.90 Å². The predicted octanol–water partition coefficient (Wildman–Crippen LogP) is 3.37. The fourth-order valence-electron chi connectivity index (χ4n) is 3.41. The van der Waals surface area contributed by atoms with Crippen molar-refractivity contribution in [3.05, 3.63) is 77.2 Å². The Balaban J connectivity index is 1.52. The molecular weight excluding hydrogens is 412 g/mol. The number of thioether (sulfide) groups is 1. The number of carbonyl (C=O) groups is 3. The van der Waals surface area contributed by atoms with E-state index in [1.807, 2.05) is 0 Å². The number of hydrogen-bond donors (Lipinski definition) is 1. The van der Waals surface area contributed by atoms with Crippen LogP contribution in [0.4, 0.5) is 19.3 Å². The van der Waals surface area contributed by atoms with E-state index in [-0.39, 0.29) is 24.7 Å². The van der Waals surface area contributed by atoms with Crippen molar-refractivity contribution in [3.8, 4) is 0 Å². The van der Waals surface area contributed by atoms with Gasteiger partial charge in [-0.15, -0.1) is 11.8 Å². The number of carbonyl (C=O) groups excluding carboxylic acids is 3. The number of halogens is 2. The summed E-state index contributed by atoms with van der Waals surface area (Å²) in [5.74, 6) is -1.77. The Morgan fingerprint density at radius 1 is 1.07 bits per heavy atom. The van der Waals surface area contributed by atoms with Gasteiger partial charge in [0.1, 0.15) is 23.4 Å². The highest BCUT2D eigenvalue weighted by Crippen LogP contribution is 2.34. The number of imide groups is 1. The Hall–Kier alpha value is -3.20. The molecular formula is C21H17F2N3O3S. The lowest BCUT2D eigenvalue weighted by molar-refractivity contribution is -0.132. The quantitative estimate of drug-likeness (QED) is 0.791. The first-order valence-corrected chi connectivity index (χ1v) is 10.1. The van der Waals surface area contributed by atoms with Crippen LogP contribution in [-0.2, 0) is 16.1 Å². The second-order valence-electron chi connectivity index (χ2n) is 6.90. The SMILES string of the molecule is O=C(CN1C(=O)N(Cc2ccc(F)cc2)C(=O)C2SC=CC21)Nc1cccc(F)c1. The summed E-state index contributed by atoms with van der Waals surface area (Å²) < 4.78 is 26.5. The van der Waals surface area contributed by atoms with Crippen LogP contribution in [0.25, 0.3) is 0 Å². The van der Waals surface area contributed by atoms with Crippen LogP contribution in [0.1, 0.15) is 5.56 Å². The van der Waals surface area contributed by atoms with Crippen LogP contribution in [-0.4, -0.2) is 45.5 Å². The highest BCUT2D eigenvalue weighted by molar-refractivity contribution is 8.03.